The van der Waals surface area contributed by atoms with Crippen molar-refractivity contribution < 1.29 is 9.27 Å². The van der Waals surface area contributed by atoms with Crippen LogP contribution in [-0.4, -0.2) is 0 Å². The average Bonchev–Trinajstić information content (AvgIpc) is 2.04. The molecule has 0 saturated heterocycles. The molecular weight excluding hydrogens is 141 g/mol. The molecule has 0 aliphatic heterocycles. The summed E-state index contributed by atoms with van der Waals surface area (Å²) in [7, 11) is 0. The molecule has 1 aromatic heterocycles. The Hall–Kier alpha value is -0.920. The van der Waals surface area contributed by atoms with Gasteiger partial charge in [0.05, 0.1) is 0 Å². The van der Waals surface area contributed by atoms with Gasteiger partial charge in [0.1, 0.15) is 6.54 Å². The molecule has 0 aliphatic carbocycles. The van der Waals surface area contributed by atoms with Gasteiger partial charge in [-0.2, -0.15) is 0 Å². The smallest absolute Gasteiger partial charge is 0.181 e. The molecule has 0 aromatic carbocycles. The van der Waals surface area contributed by atoms with Crippen LogP contribution in [0.1, 0.15) is 19.5 Å². The third kappa shape index (κ3) is 2.30. The lowest BCUT2D eigenvalue weighted by Gasteiger charge is -1.96. The molecule has 0 amide bonds. The Morgan fingerprint density at radius 3 is 2.45 bits per heavy atom. The fourth-order valence-corrected chi connectivity index (χ4v) is 1.14. The molecule has 1 aromatic rings. The van der Waals surface area contributed by atoms with Gasteiger partial charge in [-0.05, 0) is 6.92 Å². The molecule has 1 nitrogen and oxygen atoms in total. The molecule has 0 radical (unpaired) electrons. The molecule has 0 spiro atoms. The fourth-order valence-electron chi connectivity index (χ4n) is 1.14. The van der Waals surface area contributed by atoms with Crippen molar-refractivity contribution in [2.75, 3.05) is 0 Å². The summed E-state index contributed by atoms with van der Waals surface area (Å²) in [6.45, 7) is 5.42. The van der Waals surface area contributed by atoms with Crippen LogP contribution in [0.15, 0.2) is 24.4 Å². The van der Waals surface area contributed by atoms with E-state index in [1.54, 1.807) is 0 Å². The monoisotopic (exact) mass is 155 g/mol. The molecule has 0 fully saturated rings. The number of pyridine rings is 1. The van der Waals surface area contributed by atoms with Gasteiger partial charge in [-0.1, -0.05) is 13.0 Å². The summed E-state index contributed by atoms with van der Waals surface area (Å²) in [5, 5.41) is 0. The predicted octanol–water partition coefficient (Wildman–Crippen LogP) is -1.44. The van der Waals surface area contributed by atoms with Crippen molar-refractivity contribution in [3.63, 3.8) is 0 Å². The zero-order chi connectivity index (χ0) is 7.40. The second kappa shape index (κ2) is 4.83. The van der Waals surface area contributed by atoms with Crippen LogP contribution < -0.4 is 9.27 Å². The van der Waals surface area contributed by atoms with Crippen molar-refractivity contribution in [1.29, 1.82) is 0 Å². The van der Waals surface area contributed by atoms with Gasteiger partial charge in [0.25, 0.3) is 0 Å². The molecule has 11 heavy (non-hydrogen) atoms. The zero-order valence-corrected chi connectivity index (χ0v) is 7.05. The maximum absolute atomic E-state index is 2.26. The van der Waals surface area contributed by atoms with Crippen LogP contribution in [0.2, 0.25) is 0 Å². The maximum atomic E-state index is 2.26. The van der Waals surface area contributed by atoms with Gasteiger partial charge in [-0.25, -0.2) is 4.57 Å². The van der Waals surface area contributed by atoms with Crippen LogP contribution in [-0.2, 0) is 13.0 Å². The van der Waals surface area contributed by atoms with E-state index in [0.29, 0.717) is 0 Å². The van der Waals surface area contributed by atoms with Crippen LogP contribution in [0.4, 0.5) is 0 Å². The topological polar surface area (TPSA) is 3.88 Å². The van der Waals surface area contributed by atoms with E-state index in [0.717, 1.165) is 13.0 Å². The largest absolute Gasteiger partial charge is 1.00 e. The standard InChI is InChI=1S/C9H14N.FH/c1-3-9-7-5-6-8-10(9)4-2;/h5-8H,3-4H2,1-2H3;1H/q+1;/p-1. The first-order chi connectivity index (χ1) is 4.88. The van der Waals surface area contributed by atoms with E-state index in [4.69, 9.17) is 0 Å². The first kappa shape index (κ1) is 10.1. The van der Waals surface area contributed by atoms with Crippen molar-refractivity contribution in [2.24, 2.45) is 0 Å². The lowest BCUT2D eigenvalue weighted by Crippen LogP contribution is -3.00. The Balaban J connectivity index is 0.000001000. The number of aryl methyl sites for hydroxylation is 2. The van der Waals surface area contributed by atoms with Crippen molar-refractivity contribution in [3.05, 3.63) is 30.1 Å². The molecule has 0 aliphatic rings. The lowest BCUT2D eigenvalue weighted by atomic mass is 10.3. The Labute approximate surface area is 67.0 Å². The van der Waals surface area contributed by atoms with Gasteiger partial charge in [0.2, 0.25) is 0 Å². The van der Waals surface area contributed by atoms with Gasteiger partial charge in [-0.3, -0.25) is 0 Å². The third-order valence-electron chi connectivity index (χ3n) is 1.74. The molecule has 1 rings (SSSR count). The number of aromatic nitrogens is 1. The predicted molar refractivity (Wildman–Crippen MR) is 41.7 cm³/mol. The molecule has 1 heterocycles. The highest BCUT2D eigenvalue weighted by molar-refractivity contribution is 4.96. The summed E-state index contributed by atoms with van der Waals surface area (Å²) in [5.74, 6) is 0. The Kier molecular flexibility index (Phi) is 4.42. The summed E-state index contributed by atoms with van der Waals surface area (Å²) < 4.78 is 2.26. The minimum Gasteiger partial charge on any atom is -1.00 e. The second-order valence-electron chi connectivity index (χ2n) is 2.33. The van der Waals surface area contributed by atoms with Crippen LogP contribution in [0, 0.1) is 0 Å². The molecule has 0 saturated carbocycles. The van der Waals surface area contributed by atoms with Crippen LogP contribution in [0.5, 0.6) is 0 Å². The quantitative estimate of drug-likeness (QED) is 0.461. The van der Waals surface area contributed by atoms with E-state index >= 15 is 0 Å². The van der Waals surface area contributed by atoms with Crippen LogP contribution >= 0.6 is 0 Å². The SMILES string of the molecule is CCc1cccc[n+]1CC.[F-]. The summed E-state index contributed by atoms with van der Waals surface area (Å²) in [6, 6.07) is 6.33. The Bertz CT molecular complexity index is 187. The summed E-state index contributed by atoms with van der Waals surface area (Å²) in [5.41, 5.74) is 1.41. The van der Waals surface area contributed by atoms with Gasteiger partial charge in [0.15, 0.2) is 11.9 Å². The molecular formula is C9H14FN. The summed E-state index contributed by atoms with van der Waals surface area (Å²) >= 11 is 0. The van der Waals surface area contributed by atoms with E-state index < -0.39 is 0 Å². The van der Waals surface area contributed by atoms with E-state index in [1.165, 1.54) is 5.69 Å². The maximum Gasteiger partial charge on any atom is 0.181 e. The van der Waals surface area contributed by atoms with Crippen LogP contribution in [0.3, 0.4) is 0 Å². The van der Waals surface area contributed by atoms with E-state index in [9.17, 15) is 0 Å². The molecule has 62 valence electrons. The normalized spacial score (nSPS) is 8.91. The lowest BCUT2D eigenvalue weighted by molar-refractivity contribution is -0.700. The number of hydrogen-bond donors (Lipinski definition) is 0. The number of halogens is 1. The average molecular weight is 155 g/mol. The van der Waals surface area contributed by atoms with Crippen LogP contribution in [0.25, 0.3) is 0 Å². The zero-order valence-electron chi connectivity index (χ0n) is 7.05. The molecule has 0 bridgehead atoms. The van der Waals surface area contributed by atoms with Gasteiger partial charge >= 0.3 is 0 Å². The first-order valence-electron chi connectivity index (χ1n) is 3.85. The van der Waals surface area contributed by atoms with Crippen molar-refractivity contribution in [1.82, 2.24) is 0 Å². The minimum absolute atomic E-state index is 0. The number of nitrogens with zero attached hydrogens (tertiary/aromatic N) is 1. The summed E-state index contributed by atoms with van der Waals surface area (Å²) in [4.78, 5) is 0. The Morgan fingerprint density at radius 1 is 1.27 bits per heavy atom. The highest BCUT2D eigenvalue weighted by atomic mass is 19.0. The first-order valence-corrected chi connectivity index (χ1v) is 3.85. The highest BCUT2D eigenvalue weighted by Crippen LogP contribution is 1.90. The molecule has 0 atom stereocenters. The van der Waals surface area contributed by atoms with Crippen molar-refractivity contribution in [2.45, 2.75) is 26.8 Å². The van der Waals surface area contributed by atoms with Crippen molar-refractivity contribution >= 4 is 0 Å². The second-order valence-corrected chi connectivity index (χ2v) is 2.33. The third-order valence-corrected chi connectivity index (χ3v) is 1.74. The Morgan fingerprint density at radius 2 is 2.00 bits per heavy atom. The van der Waals surface area contributed by atoms with Gasteiger partial charge in [-0.15, -0.1) is 0 Å². The number of rotatable bonds is 2. The summed E-state index contributed by atoms with van der Waals surface area (Å²) in [6.07, 6.45) is 3.24. The minimum atomic E-state index is 0. The van der Waals surface area contributed by atoms with E-state index in [-0.39, 0.29) is 4.70 Å². The van der Waals surface area contributed by atoms with Gasteiger partial charge in [0, 0.05) is 18.6 Å². The molecule has 2 heteroatoms. The fraction of sp³-hybridized carbons (Fsp3) is 0.444. The van der Waals surface area contributed by atoms with Crippen molar-refractivity contribution in [3.8, 4) is 0 Å². The van der Waals surface area contributed by atoms with E-state index in [2.05, 4.69) is 42.8 Å². The molecule has 0 N–H and O–H groups in total. The van der Waals surface area contributed by atoms with E-state index in [1.807, 2.05) is 0 Å². The number of hydrogen-bond acceptors (Lipinski definition) is 0. The highest BCUT2D eigenvalue weighted by Gasteiger charge is 2.01. The molecule has 0 unspecified atom stereocenters. The van der Waals surface area contributed by atoms with Gasteiger partial charge < -0.3 is 4.70 Å².